The van der Waals surface area contributed by atoms with Gasteiger partial charge in [-0.05, 0) is 55.4 Å². The van der Waals surface area contributed by atoms with Crippen LogP contribution in [0, 0.1) is 19.7 Å². The van der Waals surface area contributed by atoms with Crippen LogP contribution in [0.15, 0.2) is 36.4 Å². The zero-order valence-corrected chi connectivity index (χ0v) is 13.0. The quantitative estimate of drug-likeness (QED) is 0.830. The molecule has 0 saturated carbocycles. The van der Waals surface area contributed by atoms with E-state index in [1.165, 1.54) is 13.2 Å². The molecule has 0 aromatic heterocycles. The first-order chi connectivity index (χ1) is 9.99. The predicted molar refractivity (Wildman–Crippen MR) is 88.7 cm³/mol. The molecule has 110 valence electrons. The van der Waals surface area contributed by atoms with Crippen molar-refractivity contribution < 1.29 is 9.13 Å². The van der Waals surface area contributed by atoms with Gasteiger partial charge in [0, 0.05) is 17.4 Å². The third-order valence-electron chi connectivity index (χ3n) is 3.05. The van der Waals surface area contributed by atoms with Crippen molar-refractivity contribution in [1.29, 1.82) is 0 Å². The van der Waals surface area contributed by atoms with E-state index in [1.54, 1.807) is 12.1 Å². The average Bonchev–Trinajstić information content (AvgIpc) is 2.43. The average molecular weight is 304 g/mol. The normalized spacial score (nSPS) is 10.1. The summed E-state index contributed by atoms with van der Waals surface area (Å²) in [5.41, 5.74) is 3.73. The lowest BCUT2D eigenvalue weighted by molar-refractivity contribution is 0.387. The van der Waals surface area contributed by atoms with Crippen LogP contribution in [0.3, 0.4) is 0 Å². The number of benzene rings is 2. The van der Waals surface area contributed by atoms with Crippen molar-refractivity contribution in [3.63, 3.8) is 0 Å². The van der Waals surface area contributed by atoms with Gasteiger partial charge in [0.2, 0.25) is 0 Å². The lowest BCUT2D eigenvalue weighted by atomic mass is 10.1. The van der Waals surface area contributed by atoms with Crippen LogP contribution in [0.25, 0.3) is 0 Å². The van der Waals surface area contributed by atoms with E-state index in [-0.39, 0.29) is 5.75 Å². The fourth-order valence-electron chi connectivity index (χ4n) is 1.90. The molecule has 3 nitrogen and oxygen atoms in total. The second-order valence-electron chi connectivity index (χ2n) is 4.75. The first-order valence-corrected chi connectivity index (χ1v) is 6.89. The maximum absolute atomic E-state index is 13.6. The summed E-state index contributed by atoms with van der Waals surface area (Å²) in [7, 11) is 1.43. The van der Waals surface area contributed by atoms with Gasteiger partial charge < -0.3 is 15.4 Å². The minimum absolute atomic E-state index is 0.203. The fraction of sp³-hybridized carbons (Fsp3) is 0.188. The Bertz CT molecular complexity index is 673. The van der Waals surface area contributed by atoms with E-state index in [1.807, 2.05) is 32.0 Å². The number of halogens is 1. The standard InChI is InChI=1S/C16H17FN2OS/c1-10-4-5-11(2)14(8-10)19-16(21)18-12-6-7-15(20-3)13(17)9-12/h4-9H,1-3H3,(H2,18,19,21). The molecule has 0 radical (unpaired) electrons. The lowest BCUT2D eigenvalue weighted by Crippen LogP contribution is -2.19. The molecule has 0 bridgehead atoms. The minimum atomic E-state index is -0.433. The summed E-state index contributed by atoms with van der Waals surface area (Å²) in [5, 5.41) is 6.48. The fourth-order valence-corrected chi connectivity index (χ4v) is 2.13. The summed E-state index contributed by atoms with van der Waals surface area (Å²) in [6, 6.07) is 10.7. The van der Waals surface area contributed by atoms with Crippen molar-refractivity contribution in [1.82, 2.24) is 0 Å². The van der Waals surface area contributed by atoms with Gasteiger partial charge in [0.15, 0.2) is 16.7 Å². The molecule has 0 heterocycles. The van der Waals surface area contributed by atoms with Gasteiger partial charge in [0.1, 0.15) is 0 Å². The van der Waals surface area contributed by atoms with Crippen molar-refractivity contribution in [2.75, 3.05) is 17.7 Å². The van der Waals surface area contributed by atoms with Crippen LogP contribution in [-0.2, 0) is 0 Å². The largest absolute Gasteiger partial charge is 0.494 e. The molecular formula is C16H17FN2OS. The maximum Gasteiger partial charge on any atom is 0.175 e. The van der Waals surface area contributed by atoms with Crippen LogP contribution in [0.4, 0.5) is 15.8 Å². The molecule has 0 aliphatic rings. The van der Waals surface area contributed by atoms with E-state index in [4.69, 9.17) is 17.0 Å². The molecule has 2 rings (SSSR count). The summed E-state index contributed by atoms with van der Waals surface area (Å²) >= 11 is 5.25. The van der Waals surface area contributed by atoms with Gasteiger partial charge in [-0.3, -0.25) is 0 Å². The van der Waals surface area contributed by atoms with Crippen molar-refractivity contribution in [3.8, 4) is 5.75 Å². The van der Waals surface area contributed by atoms with E-state index < -0.39 is 5.82 Å². The van der Waals surface area contributed by atoms with Gasteiger partial charge in [0.25, 0.3) is 0 Å². The molecule has 2 N–H and O–H groups in total. The van der Waals surface area contributed by atoms with Gasteiger partial charge in [-0.15, -0.1) is 0 Å². The first kappa shape index (κ1) is 15.3. The molecule has 0 saturated heterocycles. The Hall–Kier alpha value is -2.14. The molecule has 0 spiro atoms. The Labute approximate surface area is 129 Å². The summed E-state index contributed by atoms with van der Waals surface area (Å²) in [6.45, 7) is 4.01. The van der Waals surface area contributed by atoms with E-state index in [9.17, 15) is 4.39 Å². The molecule has 21 heavy (non-hydrogen) atoms. The van der Waals surface area contributed by atoms with Crippen molar-refractivity contribution in [2.24, 2.45) is 0 Å². The molecule has 0 atom stereocenters. The molecule has 2 aromatic rings. The molecule has 0 unspecified atom stereocenters. The number of hydrogen-bond acceptors (Lipinski definition) is 2. The Morgan fingerprint density at radius 1 is 1.10 bits per heavy atom. The van der Waals surface area contributed by atoms with Crippen LogP contribution >= 0.6 is 12.2 Å². The number of methoxy groups -OCH3 is 1. The van der Waals surface area contributed by atoms with Gasteiger partial charge in [-0.25, -0.2) is 4.39 Å². The highest BCUT2D eigenvalue weighted by atomic mass is 32.1. The van der Waals surface area contributed by atoms with Crippen molar-refractivity contribution in [2.45, 2.75) is 13.8 Å². The molecule has 0 amide bonds. The monoisotopic (exact) mass is 304 g/mol. The highest BCUT2D eigenvalue weighted by molar-refractivity contribution is 7.80. The number of thiocarbonyl (C=S) groups is 1. The third-order valence-corrected chi connectivity index (χ3v) is 3.26. The Morgan fingerprint density at radius 2 is 1.86 bits per heavy atom. The van der Waals surface area contributed by atoms with E-state index >= 15 is 0 Å². The first-order valence-electron chi connectivity index (χ1n) is 6.48. The van der Waals surface area contributed by atoms with E-state index in [2.05, 4.69) is 10.6 Å². The minimum Gasteiger partial charge on any atom is -0.494 e. The zero-order valence-electron chi connectivity index (χ0n) is 12.2. The van der Waals surface area contributed by atoms with Gasteiger partial charge in [-0.2, -0.15) is 0 Å². The molecule has 2 aromatic carbocycles. The van der Waals surface area contributed by atoms with Crippen LogP contribution in [-0.4, -0.2) is 12.2 Å². The lowest BCUT2D eigenvalue weighted by Gasteiger charge is -2.13. The number of nitrogens with one attached hydrogen (secondary N) is 2. The number of hydrogen-bond donors (Lipinski definition) is 2. The number of aryl methyl sites for hydroxylation is 2. The summed E-state index contributed by atoms with van der Waals surface area (Å²) in [5.74, 6) is -0.231. The summed E-state index contributed by atoms with van der Waals surface area (Å²) in [6.07, 6.45) is 0. The van der Waals surface area contributed by atoms with Gasteiger partial charge >= 0.3 is 0 Å². The molecule has 0 fully saturated rings. The molecule has 5 heteroatoms. The second-order valence-corrected chi connectivity index (χ2v) is 5.16. The highest BCUT2D eigenvalue weighted by Gasteiger charge is 2.06. The van der Waals surface area contributed by atoms with Crippen LogP contribution in [0.1, 0.15) is 11.1 Å². The Kier molecular flexibility index (Phi) is 4.75. The van der Waals surface area contributed by atoms with Crippen LogP contribution in [0.2, 0.25) is 0 Å². The number of ether oxygens (including phenoxy) is 1. The SMILES string of the molecule is COc1ccc(NC(=S)Nc2cc(C)ccc2C)cc1F. The van der Waals surface area contributed by atoms with Crippen LogP contribution in [0.5, 0.6) is 5.75 Å². The Morgan fingerprint density at radius 3 is 2.52 bits per heavy atom. The molecule has 0 aliphatic heterocycles. The third kappa shape index (κ3) is 3.92. The van der Waals surface area contributed by atoms with Crippen molar-refractivity contribution in [3.05, 3.63) is 53.3 Å². The smallest absolute Gasteiger partial charge is 0.175 e. The van der Waals surface area contributed by atoms with Gasteiger partial charge in [0.05, 0.1) is 7.11 Å². The Balaban J connectivity index is 2.08. The number of rotatable bonds is 3. The molecular weight excluding hydrogens is 287 g/mol. The zero-order chi connectivity index (χ0) is 15.4. The van der Waals surface area contributed by atoms with Crippen LogP contribution < -0.4 is 15.4 Å². The summed E-state index contributed by atoms with van der Waals surface area (Å²) < 4.78 is 18.5. The van der Waals surface area contributed by atoms with Gasteiger partial charge in [-0.1, -0.05) is 12.1 Å². The molecule has 0 aliphatic carbocycles. The maximum atomic E-state index is 13.6. The predicted octanol–water partition coefficient (Wildman–Crippen LogP) is 4.26. The van der Waals surface area contributed by atoms with Crippen molar-refractivity contribution >= 4 is 28.7 Å². The van der Waals surface area contributed by atoms with E-state index in [0.29, 0.717) is 10.8 Å². The van der Waals surface area contributed by atoms with E-state index in [0.717, 1.165) is 16.8 Å². The number of anilines is 2. The summed E-state index contributed by atoms with van der Waals surface area (Å²) in [4.78, 5) is 0. The highest BCUT2D eigenvalue weighted by Crippen LogP contribution is 2.21. The topological polar surface area (TPSA) is 33.3 Å². The second kappa shape index (κ2) is 6.54.